The molecule has 3 rings (SSSR count). The molecule has 1 aromatic heterocycles. The summed E-state index contributed by atoms with van der Waals surface area (Å²) >= 11 is 5.85. The minimum Gasteiger partial charge on any atom is -0.496 e. The van der Waals surface area contributed by atoms with E-state index in [1.54, 1.807) is 36.4 Å². The number of hydrogen-bond donors (Lipinski definition) is 0. The molecule has 0 saturated carbocycles. The SMILES string of the molecule is COc1ccc(C)cc1C(=O)OCc1nc(-c2ccc(Cl)cc2)no1. The van der Waals surface area contributed by atoms with Crippen LogP contribution in [-0.2, 0) is 11.3 Å². The fourth-order valence-electron chi connectivity index (χ4n) is 2.22. The quantitative estimate of drug-likeness (QED) is 0.640. The standard InChI is InChI=1S/C18H15ClN2O4/c1-11-3-8-15(23-2)14(9-11)18(22)24-10-16-20-17(21-25-16)12-4-6-13(19)7-5-12/h3-9H,10H2,1-2H3. The Morgan fingerprint density at radius 1 is 1.20 bits per heavy atom. The van der Waals surface area contributed by atoms with Crippen molar-refractivity contribution in [2.24, 2.45) is 0 Å². The highest BCUT2D eigenvalue weighted by molar-refractivity contribution is 6.30. The molecule has 0 bridgehead atoms. The number of ether oxygens (including phenoxy) is 2. The zero-order valence-corrected chi connectivity index (χ0v) is 14.4. The lowest BCUT2D eigenvalue weighted by atomic mass is 10.1. The van der Waals surface area contributed by atoms with Crippen molar-refractivity contribution in [2.45, 2.75) is 13.5 Å². The number of rotatable bonds is 5. The van der Waals surface area contributed by atoms with Crippen molar-refractivity contribution >= 4 is 17.6 Å². The van der Waals surface area contributed by atoms with Crippen molar-refractivity contribution in [1.29, 1.82) is 0 Å². The minimum atomic E-state index is -0.521. The molecule has 0 spiro atoms. The number of halogens is 1. The third-order valence-electron chi connectivity index (χ3n) is 3.47. The molecule has 6 nitrogen and oxygen atoms in total. The Balaban J connectivity index is 1.69. The summed E-state index contributed by atoms with van der Waals surface area (Å²) in [4.78, 5) is 16.5. The average Bonchev–Trinajstić information content (AvgIpc) is 3.09. The van der Waals surface area contributed by atoms with Crippen LogP contribution in [0.3, 0.4) is 0 Å². The van der Waals surface area contributed by atoms with Gasteiger partial charge in [0.1, 0.15) is 11.3 Å². The van der Waals surface area contributed by atoms with Gasteiger partial charge in [-0.15, -0.1) is 0 Å². The van der Waals surface area contributed by atoms with E-state index in [2.05, 4.69) is 10.1 Å². The molecule has 0 saturated heterocycles. The van der Waals surface area contributed by atoms with E-state index < -0.39 is 5.97 Å². The van der Waals surface area contributed by atoms with E-state index in [0.717, 1.165) is 11.1 Å². The number of benzene rings is 2. The molecular weight excluding hydrogens is 344 g/mol. The van der Waals surface area contributed by atoms with Gasteiger partial charge in [0.05, 0.1) is 7.11 Å². The molecule has 0 aliphatic carbocycles. The summed E-state index contributed by atoms with van der Waals surface area (Å²) in [5.41, 5.74) is 2.03. The Kier molecular flexibility index (Phi) is 5.00. The monoisotopic (exact) mass is 358 g/mol. The van der Waals surface area contributed by atoms with Gasteiger partial charge in [0, 0.05) is 10.6 Å². The lowest BCUT2D eigenvalue weighted by molar-refractivity contribution is 0.0426. The lowest BCUT2D eigenvalue weighted by Gasteiger charge is -2.08. The molecule has 2 aromatic carbocycles. The maximum atomic E-state index is 12.3. The molecule has 0 atom stereocenters. The molecule has 0 amide bonds. The fourth-order valence-corrected chi connectivity index (χ4v) is 2.34. The van der Waals surface area contributed by atoms with E-state index in [4.69, 9.17) is 25.6 Å². The predicted molar refractivity (Wildman–Crippen MR) is 91.6 cm³/mol. The summed E-state index contributed by atoms with van der Waals surface area (Å²) in [6.07, 6.45) is 0. The Labute approximate surface area is 149 Å². The number of nitrogens with zero attached hydrogens (tertiary/aromatic N) is 2. The third kappa shape index (κ3) is 3.97. The van der Waals surface area contributed by atoms with Crippen LogP contribution in [0.2, 0.25) is 5.02 Å². The van der Waals surface area contributed by atoms with E-state index in [1.165, 1.54) is 7.11 Å². The van der Waals surface area contributed by atoms with Crippen LogP contribution in [0.1, 0.15) is 21.8 Å². The molecule has 0 N–H and O–H groups in total. The van der Waals surface area contributed by atoms with Crippen molar-refractivity contribution in [3.8, 4) is 17.1 Å². The molecule has 0 fully saturated rings. The van der Waals surface area contributed by atoms with Crippen LogP contribution in [0.15, 0.2) is 47.0 Å². The van der Waals surface area contributed by atoms with Crippen LogP contribution in [0.4, 0.5) is 0 Å². The van der Waals surface area contributed by atoms with E-state index in [-0.39, 0.29) is 12.5 Å². The summed E-state index contributed by atoms with van der Waals surface area (Å²) in [6, 6.07) is 12.3. The number of aryl methyl sites for hydroxylation is 1. The van der Waals surface area contributed by atoms with Gasteiger partial charge in [0.2, 0.25) is 5.82 Å². The first-order valence-electron chi connectivity index (χ1n) is 7.47. The van der Waals surface area contributed by atoms with Crippen molar-refractivity contribution in [3.63, 3.8) is 0 Å². The van der Waals surface area contributed by atoms with Crippen LogP contribution < -0.4 is 4.74 Å². The summed E-state index contributed by atoms with van der Waals surface area (Å²) in [6.45, 7) is 1.75. The second kappa shape index (κ2) is 7.36. The van der Waals surface area contributed by atoms with Gasteiger partial charge in [-0.3, -0.25) is 0 Å². The highest BCUT2D eigenvalue weighted by Crippen LogP contribution is 2.22. The molecular formula is C18H15ClN2O4. The number of carbonyl (C=O) groups is 1. The van der Waals surface area contributed by atoms with Crippen LogP contribution in [-0.4, -0.2) is 23.2 Å². The summed E-state index contributed by atoms with van der Waals surface area (Å²) < 4.78 is 15.5. The van der Waals surface area contributed by atoms with Gasteiger partial charge < -0.3 is 14.0 Å². The Bertz CT molecular complexity index is 890. The second-order valence-electron chi connectivity index (χ2n) is 5.30. The number of esters is 1. The molecule has 25 heavy (non-hydrogen) atoms. The van der Waals surface area contributed by atoms with Crippen LogP contribution in [0, 0.1) is 6.92 Å². The van der Waals surface area contributed by atoms with Crippen LogP contribution in [0.25, 0.3) is 11.4 Å². The number of aromatic nitrogens is 2. The van der Waals surface area contributed by atoms with E-state index in [9.17, 15) is 4.79 Å². The maximum absolute atomic E-state index is 12.3. The normalized spacial score (nSPS) is 10.5. The van der Waals surface area contributed by atoms with Crippen LogP contribution >= 0.6 is 11.6 Å². The molecule has 0 radical (unpaired) electrons. The lowest BCUT2D eigenvalue weighted by Crippen LogP contribution is -2.07. The van der Waals surface area contributed by atoms with Gasteiger partial charge in [0.15, 0.2) is 6.61 Å². The number of carbonyl (C=O) groups excluding carboxylic acids is 1. The zero-order valence-electron chi connectivity index (χ0n) is 13.7. The zero-order chi connectivity index (χ0) is 17.8. The van der Waals surface area contributed by atoms with Crippen molar-refractivity contribution in [2.75, 3.05) is 7.11 Å². The molecule has 0 aliphatic heterocycles. The van der Waals surface area contributed by atoms with E-state index >= 15 is 0 Å². The predicted octanol–water partition coefficient (Wildman–Crippen LogP) is 4.06. The van der Waals surface area contributed by atoms with E-state index in [1.807, 2.05) is 13.0 Å². The topological polar surface area (TPSA) is 74.5 Å². The van der Waals surface area contributed by atoms with Gasteiger partial charge in [-0.25, -0.2) is 4.79 Å². The van der Waals surface area contributed by atoms with Crippen molar-refractivity contribution < 1.29 is 18.8 Å². The average molecular weight is 359 g/mol. The summed E-state index contributed by atoms with van der Waals surface area (Å²) in [5, 5.41) is 4.49. The molecule has 7 heteroatoms. The molecule has 128 valence electrons. The first-order chi connectivity index (χ1) is 12.1. The molecule has 0 unspecified atom stereocenters. The molecule has 3 aromatic rings. The number of methoxy groups -OCH3 is 1. The fraction of sp³-hybridized carbons (Fsp3) is 0.167. The van der Waals surface area contributed by atoms with Gasteiger partial charge >= 0.3 is 5.97 Å². The van der Waals surface area contributed by atoms with Gasteiger partial charge in [0.25, 0.3) is 5.89 Å². The smallest absolute Gasteiger partial charge is 0.342 e. The molecule has 0 aliphatic rings. The first-order valence-corrected chi connectivity index (χ1v) is 7.85. The maximum Gasteiger partial charge on any atom is 0.342 e. The molecule has 1 heterocycles. The Morgan fingerprint density at radius 2 is 1.96 bits per heavy atom. The highest BCUT2D eigenvalue weighted by atomic mass is 35.5. The Morgan fingerprint density at radius 3 is 2.68 bits per heavy atom. The van der Waals surface area contributed by atoms with Crippen LogP contribution in [0.5, 0.6) is 5.75 Å². The van der Waals surface area contributed by atoms with Crippen molar-refractivity contribution in [3.05, 3.63) is 64.5 Å². The van der Waals surface area contributed by atoms with Crippen molar-refractivity contribution in [1.82, 2.24) is 10.1 Å². The largest absolute Gasteiger partial charge is 0.496 e. The second-order valence-corrected chi connectivity index (χ2v) is 5.73. The minimum absolute atomic E-state index is 0.128. The highest BCUT2D eigenvalue weighted by Gasteiger charge is 2.16. The number of hydrogen-bond acceptors (Lipinski definition) is 6. The van der Waals surface area contributed by atoms with Gasteiger partial charge in [-0.2, -0.15) is 4.98 Å². The van der Waals surface area contributed by atoms with Gasteiger partial charge in [-0.05, 0) is 43.3 Å². The van der Waals surface area contributed by atoms with E-state index in [0.29, 0.717) is 22.2 Å². The third-order valence-corrected chi connectivity index (χ3v) is 3.72. The summed E-state index contributed by atoms with van der Waals surface area (Å²) in [7, 11) is 1.50. The summed E-state index contributed by atoms with van der Waals surface area (Å²) in [5.74, 6) is 0.524. The Hall–Kier alpha value is -2.86. The first kappa shape index (κ1) is 17.0. The van der Waals surface area contributed by atoms with Gasteiger partial charge in [-0.1, -0.05) is 28.4 Å².